The summed E-state index contributed by atoms with van der Waals surface area (Å²) >= 11 is 0. The zero-order chi connectivity index (χ0) is 18.4. The van der Waals surface area contributed by atoms with E-state index < -0.39 is 0 Å². The molecule has 5 rings (SSSR count). The molecule has 0 radical (unpaired) electrons. The summed E-state index contributed by atoms with van der Waals surface area (Å²) in [5.74, 6) is 0.805. The summed E-state index contributed by atoms with van der Waals surface area (Å²) < 4.78 is 4.95. The standard InChI is InChI=1S/C19H19N7O/c1-26-7-3-4-11(10-26)17-13(8-20)16(14-9-21-23-19(14)22-17)12-5-2-6-15-18(12)25-27-24-15/h2,5-6,9,11,16H,3-4,7,10H2,1H3,(H2,21,22,23). The first-order valence-electron chi connectivity index (χ1n) is 9.11. The number of hydrogen-bond donors (Lipinski definition) is 2. The number of fused-ring (bicyclic) bond motifs is 2. The van der Waals surface area contributed by atoms with Gasteiger partial charge in [-0.05, 0) is 48.4 Å². The summed E-state index contributed by atoms with van der Waals surface area (Å²) in [6.45, 7) is 2.02. The third-order valence-corrected chi connectivity index (χ3v) is 5.59. The van der Waals surface area contributed by atoms with Crippen LogP contribution in [0, 0.1) is 17.2 Å². The SMILES string of the molecule is CN1CCCC(C2=C(C#N)C(c3cccc4nonc34)c3c[nH]nc3N2)C1. The molecule has 2 aliphatic heterocycles. The molecule has 1 aromatic carbocycles. The van der Waals surface area contributed by atoms with Crippen LogP contribution in [-0.4, -0.2) is 45.5 Å². The van der Waals surface area contributed by atoms with Crippen LogP contribution in [0.4, 0.5) is 5.82 Å². The van der Waals surface area contributed by atoms with E-state index in [1.807, 2.05) is 24.4 Å². The van der Waals surface area contributed by atoms with E-state index in [1.165, 1.54) is 0 Å². The number of benzene rings is 1. The Balaban J connectivity index is 1.70. The quantitative estimate of drug-likeness (QED) is 0.722. The number of hydrogen-bond acceptors (Lipinski definition) is 7. The first-order chi connectivity index (χ1) is 13.3. The predicted octanol–water partition coefficient (Wildman–Crippen LogP) is 2.62. The number of anilines is 1. The summed E-state index contributed by atoms with van der Waals surface area (Å²) in [7, 11) is 2.13. The summed E-state index contributed by atoms with van der Waals surface area (Å²) in [5.41, 5.74) is 4.92. The highest BCUT2D eigenvalue weighted by molar-refractivity contribution is 5.80. The number of aromatic amines is 1. The van der Waals surface area contributed by atoms with Crippen LogP contribution in [0.25, 0.3) is 11.0 Å². The Kier molecular flexibility index (Phi) is 3.69. The van der Waals surface area contributed by atoms with Crippen molar-refractivity contribution in [3.8, 4) is 6.07 Å². The van der Waals surface area contributed by atoms with E-state index in [0.717, 1.165) is 54.1 Å². The second-order valence-corrected chi connectivity index (χ2v) is 7.27. The number of nitrogens with zero attached hydrogens (tertiary/aromatic N) is 5. The minimum atomic E-state index is -0.247. The van der Waals surface area contributed by atoms with E-state index in [-0.39, 0.29) is 11.8 Å². The average Bonchev–Trinajstić information content (AvgIpc) is 3.35. The molecule has 0 saturated carbocycles. The van der Waals surface area contributed by atoms with Gasteiger partial charge in [0.25, 0.3) is 0 Å². The highest BCUT2D eigenvalue weighted by Gasteiger charge is 2.36. The van der Waals surface area contributed by atoms with Crippen LogP contribution < -0.4 is 5.32 Å². The maximum atomic E-state index is 10.1. The van der Waals surface area contributed by atoms with Gasteiger partial charge in [0.2, 0.25) is 0 Å². The van der Waals surface area contributed by atoms with Crippen LogP contribution in [-0.2, 0) is 0 Å². The van der Waals surface area contributed by atoms with Crippen molar-refractivity contribution in [3.05, 3.63) is 46.8 Å². The fourth-order valence-electron chi connectivity index (χ4n) is 4.36. The van der Waals surface area contributed by atoms with Crippen molar-refractivity contribution in [3.63, 3.8) is 0 Å². The van der Waals surface area contributed by atoms with Crippen molar-refractivity contribution in [2.45, 2.75) is 18.8 Å². The van der Waals surface area contributed by atoms with E-state index in [1.54, 1.807) is 0 Å². The zero-order valence-corrected chi connectivity index (χ0v) is 14.9. The topological polar surface area (TPSA) is 107 Å². The number of nitrogens with one attached hydrogen (secondary N) is 2. The van der Waals surface area contributed by atoms with Gasteiger partial charge in [-0.1, -0.05) is 12.1 Å². The molecule has 2 N–H and O–H groups in total. The maximum Gasteiger partial charge on any atom is 0.156 e. The largest absolute Gasteiger partial charge is 0.341 e. The van der Waals surface area contributed by atoms with Crippen molar-refractivity contribution >= 4 is 16.9 Å². The molecule has 0 aliphatic carbocycles. The van der Waals surface area contributed by atoms with Crippen LogP contribution in [0.1, 0.15) is 29.9 Å². The van der Waals surface area contributed by atoms with Gasteiger partial charge in [-0.25, -0.2) is 4.63 Å². The molecular weight excluding hydrogens is 342 g/mol. The lowest BCUT2D eigenvalue weighted by Gasteiger charge is -2.35. The van der Waals surface area contributed by atoms with Crippen LogP contribution in [0.5, 0.6) is 0 Å². The number of aromatic nitrogens is 4. The molecule has 0 bridgehead atoms. The average molecular weight is 361 g/mol. The van der Waals surface area contributed by atoms with Crippen molar-refractivity contribution in [1.29, 1.82) is 5.26 Å². The molecule has 1 saturated heterocycles. The molecule has 8 nitrogen and oxygen atoms in total. The minimum absolute atomic E-state index is 0.247. The lowest BCUT2D eigenvalue weighted by Crippen LogP contribution is -2.36. The number of H-pyrrole nitrogens is 1. The van der Waals surface area contributed by atoms with Gasteiger partial charge in [0, 0.05) is 29.9 Å². The summed E-state index contributed by atoms with van der Waals surface area (Å²) in [6, 6.07) is 8.25. The molecule has 136 valence electrons. The van der Waals surface area contributed by atoms with Crippen LogP contribution in [0.2, 0.25) is 0 Å². The molecule has 2 aromatic heterocycles. The highest BCUT2D eigenvalue weighted by atomic mass is 16.6. The normalized spacial score (nSPS) is 23.1. The first kappa shape index (κ1) is 16.0. The van der Waals surface area contributed by atoms with Crippen LogP contribution >= 0.6 is 0 Å². The summed E-state index contributed by atoms with van der Waals surface area (Å²) in [4.78, 5) is 2.31. The zero-order valence-electron chi connectivity index (χ0n) is 14.9. The molecule has 4 heterocycles. The van der Waals surface area contributed by atoms with E-state index in [9.17, 15) is 5.26 Å². The van der Waals surface area contributed by atoms with Gasteiger partial charge in [-0.2, -0.15) is 10.4 Å². The second-order valence-electron chi connectivity index (χ2n) is 7.27. The Labute approximate surface area is 155 Å². The smallest absolute Gasteiger partial charge is 0.156 e. The van der Waals surface area contributed by atoms with Crippen molar-refractivity contribution in [1.82, 2.24) is 25.4 Å². The Hall–Kier alpha value is -3.18. The third-order valence-electron chi connectivity index (χ3n) is 5.59. The number of rotatable bonds is 2. The molecule has 2 aliphatic rings. The molecule has 1 fully saturated rings. The fraction of sp³-hybridized carbons (Fsp3) is 0.368. The van der Waals surface area contributed by atoms with Gasteiger partial charge in [-0.15, -0.1) is 0 Å². The van der Waals surface area contributed by atoms with Crippen molar-refractivity contribution in [2.75, 3.05) is 25.5 Å². The van der Waals surface area contributed by atoms with E-state index in [2.05, 4.69) is 43.8 Å². The molecule has 2 unspecified atom stereocenters. The number of piperidine rings is 1. The number of likely N-dealkylation sites (tertiary alicyclic amines) is 1. The molecule has 0 spiro atoms. The van der Waals surface area contributed by atoms with Crippen LogP contribution in [0.3, 0.4) is 0 Å². The van der Waals surface area contributed by atoms with Gasteiger partial charge in [0.05, 0.1) is 17.6 Å². The van der Waals surface area contributed by atoms with E-state index in [4.69, 9.17) is 4.63 Å². The van der Waals surface area contributed by atoms with Gasteiger partial charge in [0.1, 0.15) is 11.0 Å². The van der Waals surface area contributed by atoms with E-state index >= 15 is 0 Å². The summed E-state index contributed by atoms with van der Waals surface area (Å²) in [5, 5.41) is 28.9. The van der Waals surface area contributed by atoms with Gasteiger partial charge >= 0.3 is 0 Å². The molecular formula is C19H19N7O. The Morgan fingerprint density at radius 2 is 2.22 bits per heavy atom. The molecule has 8 heteroatoms. The van der Waals surface area contributed by atoms with Crippen molar-refractivity contribution in [2.24, 2.45) is 5.92 Å². The van der Waals surface area contributed by atoms with E-state index in [0.29, 0.717) is 11.0 Å². The Morgan fingerprint density at radius 3 is 3.07 bits per heavy atom. The van der Waals surface area contributed by atoms with Gasteiger partial charge in [0.15, 0.2) is 5.82 Å². The molecule has 0 amide bonds. The Bertz CT molecular complexity index is 1070. The predicted molar refractivity (Wildman–Crippen MR) is 98.7 cm³/mol. The Morgan fingerprint density at radius 1 is 1.30 bits per heavy atom. The fourth-order valence-corrected chi connectivity index (χ4v) is 4.36. The van der Waals surface area contributed by atoms with Crippen molar-refractivity contribution < 1.29 is 4.63 Å². The molecule has 3 aromatic rings. The minimum Gasteiger partial charge on any atom is -0.341 e. The molecule has 27 heavy (non-hydrogen) atoms. The molecule has 2 atom stereocenters. The second kappa shape index (κ2) is 6.21. The van der Waals surface area contributed by atoms with Crippen LogP contribution in [0.15, 0.2) is 40.3 Å². The monoisotopic (exact) mass is 361 g/mol. The van der Waals surface area contributed by atoms with Gasteiger partial charge in [-0.3, -0.25) is 5.10 Å². The summed E-state index contributed by atoms with van der Waals surface area (Å²) in [6.07, 6.45) is 4.02. The third kappa shape index (κ3) is 2.51. The maximum absolute atomic E-state index is 10.1. The van der Waals surface area contributed by atoms with Gasteiger partial charge < -0.3 is 10.2 Å². The number of nitriles is 1. The number of allylic oxidation sites excluding steroid dienone is 1. The lowest BCUT2D eigenvalue weighted by molar-refractivity contribution is 0.230. The lowest BCUT2D eigenvalue weighted by atomic mass is 9.79. The highest BCUT2D eigenvalue weighted by Crippen LogP contribution is 2.44. The first-order valence-corrected chi connectivity index (χ1v) is 9.11.